The summed E-state index contributed by atoms with van der Waals surface area (Å²) in [5.74, 6) is 0.478. The Kier molecular flexibility index (Phi) is 13.8. The average Bonchev–Trinajstić information content (AvgIpc) is 2.52. The van der Waals surface area contributed by atoms with Gasteiger partial charge in [-0.05, 0) is 38.4 Å². The topological polar surface area (TPSA) is 26.3 Å². The Balaban J connectivity index is 3.31. The van der Waals surface area contributed by atoms with Crippen LogP contribution < -0.4 is 0 Å². The summed E-state index contributed by atoms with van der Waals surface area (Å²) >= 11 is 0. The Morgan fingerprint density at radius 3 is 1.68 bits per heavy atom. The van der Waals surface area contributed by atoms with Crippen LogP contribution in [0.15, 0.2) is 0 Å². The van der Waals surface area contributed by atoms with Crippen molar-refractivity contribution in [3.8, 4) is 0 Å². The molecule has 0 N–H and O–H groups in total. The number of rotatable bonds is 17. The number of Topliss-reactive ketones (excluding diaryl/α,β-unsaturated/α-hetero) is 1. The monoisotopic (exact) mass is 372 g/mol. The zero-order valence-corrected chi connectivity index (χ0v) is 19.2. The fourth-order valence-electron chi connectivity index (χ4n) is 3.07. The molecule has 0 fully saturated rings. The molecule has 0 bridgehead atoms. The van der Waals surface area contributed by atoms with Gasteiger partial charge in [0.1, 0.15) is 5.78 Å². The van der Waals surface area contributed by atoms with Crippen molar-refractivity contribution in [3.63, 3.8) is 0 Å². The number of hydrogen-bond donors (Lipinski definition) is 0. The lowest BCUT2D eigenvalue weighted by atomic mass is 10.0. The summed E-state index contributed by atoms with van der Waals surface area (Å²) in [6.45, 7) is 5.77. The van der Waals surface area contributed by atoms with Crippen molar-refractivity contribution < 1.29 is 13.7 Å². The van der Waals surface area contributed by atoms with Crippen LogP contribution in [0.5, 0.6) is 0 Å². The third kappa shape index (κ3) is 18.4. The van der Waals surface area contributed by atoms with Crippen molar-refractivity contribution in [1.82, 2.24) is 0 Å². The van der Waals surface area contributed by atoms with Crippen LogP contribution in [-0.4, -0.2) is 53.4 Å². The smallest absolute Gasteiger partial charge is 0.186 e. The predicted molar refractivity (Wildman–Crippen MR) is 113 cm³/mol. The van der Waals surface area contributed by atoms with E-state index in [1.807, 2.05) is 7.11 Å². The average molecular weight is 373 g/mol. The second-order valence-corrected chi connectivity index (χ2v) is 13.7. The fourth-order valence-corrected chi connectivity index (χ4v) is 4.37. The van der Waals surface area contributed by atoms with Gasteiger partial charge in [0.15, 0.2) is 8.32 Å². The summed E-state index contributed by atoms with van der Waals surface area (Å²) < 4.78 is 6.59. The highest BCUT2D eigenvalue weighted by molar-refractivity contribution is 6.71. The maximum Gasteiger partial charge on any atom is 0.186 e. The molecule has 0 unspecified atom stereocenters. The number of quaternary nitrogens is 1. The quantitative estimate of drug-likeness (QED) is 0.183. The highest BCUT2D eigenvalue weighted by Crippen LogP contribution is 2.17. The first-order valence-corrected chi connectivity index (χ1v) is 13.7. The minimum Gasteiger partial charge on any atom is -0.420 e. The van der Waals surface area contributed by atoms with Gasteiger partial charge < -0.3 is 8.91 Å². The van der Waals surface area contributed by atoms with Crippen molar-refractivity contribution in [1.29, 1.82) is 0 Å². The number of carbonyl (C=O) groups excluding carboxylic acids is 1. The lowest BCUT2D eigenvalue weighted by Gasteiger charge is -2.23. The molecule has 0 spiro atoms. The maximum absolute atomic E-state index is 11.9. The SMILES string of the molecule is CO[Si](C)(C)CCCCCCCCCCC(=O)CCCC[N+](C)(C)C. The molecule has 0 atom stereocenters. The summed E-state index contributed by atoms with van der Waals surface area (Å²) in [5.41, 5.74) is 0. The van der Waals surface area contributed by atoms with E-state index >= 15 is 0 Å². The van der Waals surface area contributed by atoms with Crippen molar-refractivity contribution in [2.75, 3.05) is 34.8 Å². The summed E-state index contributed by atoms with van der Waals surface area (Å²) in [6, 6.07) is 1.29. The number of ketones is 1. The third-order valence-corrected chi connectivity index (χ3v) is 7.73. The normalized spacial score (nSPS) is 12.6. The first kappa shape index (κ1) is 24.8. The summed E-state index contributed by atoms with van der Waals surface area (Å²) in [5, 5.41) is 0. The molecule has 0 amide bonds. The molecule has 0 aliphatic heterocycles. The molecule has 0 aromatic rings. The predicted octanol–water partition coefficient (Wildman–Crippen LogP) is 5.79. The van der Waals surface area contributed by atoms with Crippen molar-refractivity contribution in [3.05, 3.63) is 0 Å². The van der Waals surface area contributed by atoms with Crippen LogP contribution in [0.2, 0.25) is 19.1 Å². The van der Waals surface area contributed by atoms with Crippen LogP contribution in [0, 0.1) is 0 Å². The number of carbonyl (C=O) groups is 1. The highest BCUT2D eigenvalue weighted by Gasteiger charge is 2.19. The molecule has 25 heavy (non-hydrogen) atoms. The lowest BCUT2D eigenvalue weighted by Crippen LogP contribution is -2.35. The Bertz CT molecular complexity index is 337. The van der Waals surface area contributed by atoms with E-state index in [1.165, 1.54) is 64.0 Å². The van der Waals surface area contributed by atoms with Crippen LogP contribution in [0.4, 0.5) is 0 Å². The third-order valence-electron chi connectivity index (χ3n) is 5.07. The van der Waals surface area contributed by atoms with E-state index in [4.69, 9.17) is 4.43 Å². The molecule has 0 radical (unpaired) electrons. The standard InChI is InChI=1S/C21H46NO2Si/c1-22(2,3)19-15-14-18-21(23)17-13-11-9-7-8-10-12-16-20-25(5,6)24-4/h7-20H2,1-6H3/q+1. The van der Waals surface area contributed by atoms with Gasteiger partial charge in [-0.1, -0.05) is 44.9 Å². The van der Waals surface area contributed by atoms with E-state index in [9.17, 15) is 4.79 Å². The van der Waals surface area contributed by atoms with E-state index < -0.39 is 8.32 Å². The Morgan fingerprint density at radius 2 is 1.20 bits per heavy atom. The van der Waals surface area contributed by atoms with E-state index in [-0.39, 0.29) is 0 Å². The molecule has 0 aliphatic carbocycles. The Morgan fingerprint density at radius 1 is 0.760 bits per heavy atom. The zero-order chi connectivity index (χ0) is 19.2. The van der Waals surface area contributed by atoms with Crippen molar-refractivity contribution >= 4 is 14.1 Å². The van der Waals surface area contributed by atoms with Crippen LogP contribution in [0.3, 0.4) is 0 Å². The van der Waals surface area contributed by atoms with Crippen molar-refractivity contribution in [2.45, 2.75) is 96.2 Å². The van der Waals surface area contributed by atoms with Gasteiger partial charge in [-0.15, -0.1) is 0 Å². The van der Waals surface area contributed by atoms with Gasteiger partial charge in [0.25, 0.3) is 0 Å². The lowest BCUT2D eigenvalue weighted by molar-refractivity contribution is -0.870. The second-order valence-electron chi connectivity index (χ2n) is 9.30. The van der Waals surface area contributed by atoms with Crippen LogP contribution in [0.25, 0.3) is 0 Å². The summed E-state index contributed by atoms with van der Waals surface area (Å²) in [4.78, 5) is 11.9. The van der Waals surface area contributed by atoms with E-state index in [2.05, 4.69) is 34.2 Å². The minimum atomic E-state index is -1.33. The Hall–Kier alpha value is -0.193. The summed E-state index contributed by atoms with van der Waals surface area (Å²) in [7, 11) is 7.17. The van der Waals surface area contributed by atoms with Gasteiger partial charge in [-0.25, -0.2) is 0 Å². The van der Waals surface area contributed by atoms with E-state index in [0.717, 1.165) is 30.2 Å². The molecule has 0 saturated heterocycles. The first-order chi connectivity index (χ1) is 11.7. The molecule has 0 aromatic heterocycles. The zero-order valence-electron chi connectivity index (χ0n) is 18.2. The molecule has 0 saturated carbocycles. The second kappa shape index (κ2) is 13.9. The Labute approximate surface area is 159 Å². The van der Waals surface area contributed by atoms with Crippen LogP contribution in [-0.2, 0) is 9.22 Å². The molecule has 3 nitrogen and oxygen atoms in total. The number of nitrogens with zero attached hydrogens (tertiary/aromatic N) is 1. The molecule has 150 valence electrons. The first-order valence-electron chi connectivity index (χ1n) is 10.5. The van der Waals surface area contributed by atoms with Gasteiger partial charge >= 0.3 is 0 Å². The largest absolute Gasteiger partial charge is 0.420 e. The van der Waals surface area contributed by atoms with Crippen LogP contribution in [0.1, 0.15) is 77.0 Å². The van der Waals surface area contributed by atoms with Gasteiger partial charge in [0, 0.05) is 20.0 Å². The van der Waals surface area contributed by atoms with Gasteiger partial charge in [0.05, 0.1) is 27.7 Å². The van der Waals surface area contributed by atoms with E-state index in [0.29, 0.717) is 5.78 Å². The van der Waals surface area contributed by atoms with Crippen LogP contribution >= 0.6 is 0 Å². The molecule has 0 aromatic carbocycles. The molecule has 0 aliphatic rings. The summed E-state index contributed by atoms with van der Waals surface area (Å²) in [6.07, 6.45) is 14.2. The molecule has 4 heteroatoms. The van der Waals surface area contributed by atoms with Crippen molar-refractivity contribution in [2.24, 2.45) is 0 Å². The molecule has 0 rings (SSSR count). The minimum absolute atomic E-state index is 0.478. The molecular weight excluding hydrogens is 326 g/mol. The maximum atomic E-state index is 11.9. The molecular formula is C21H46NO2Si+. The van der Waals surface area contributed by atoms with Gasteiger partial charge in [-0.2, -0.15) is 0 Å². The van der Waals surface area contributed by atoms with E-state index in [1.54, 1.807) is 0 Å². The number of hydrogen-bond acceptors (Lipinski definition) is 2. The van der Waals surface area contributed by atoms with Gasteiger partial charge in [0.2, 0.25) is 0 Å². The fraction of sp³-hybridized carbons (Fsp3) is 0.952. The van der Waals surface area contributed by atoms with Gasteiger partial charge in [-0.3, -0.25) is 4.79 Å². The highest BCUT2D eigenvalue weighted by atomic mass is 28.4. The molecule has 0 heterocycles. The number of unbranched alkanes of at least 4 members (excludes halogenated alkanes) is 8.